The number of carbonyl (C=O) groups excluding carboxylic acids is 1. The number of amides is 1. The van der Waals surface area contributed by atoms with Gasteiger partial charge in [-0.15, -0.1) is 0 Å². The Morgan fingerprint density at radius 2 is 2.21 bits per heavy atom. The van der Waals surface area contributed by atoms with Crippen molar-refractivity contribution in [2.45, 2.75) is 20.3 Å². The quantitative estimate of drug-likeness (QED) is 0.684. The van der Waals surface area contributed by atoms with Crippen LogP contribution in [0, 0.1) is 0 Å². The summed E-state index contributed by atoms with van der Waals surface area (Å²) in [5.41, 5.74) is 0.833. The van der Waals surface area contributed by atoms with E-state index in [-0.39, 0.29) is 0 Å². The van der Waals surface area contributed by atoms with Gasteiger partial charge in [-0.25, -0.2) is 4.79 Å². The molecule has 80 valence electrons. The molecule has 0 heterocycles. The molecule has 0 bridgehead atoms. The van der Waals surface area contributed by atoms with Gasteiger partial charge in [0.05, 0.1) is 18.9 Å². The van der Waals surface area contributed by atoms with Gasteiger partial charge in [-0.05, 0) is 19.4 Å². The highest BCUT2D eigenvalue weighted by Crippen LogP contribution is 1.85. The first kappa shape index (κ1) is 12.7. The second-order valence-corrected chi connectivity index (χ2v) is 2.60. The Morgan fingerprint density at radius 3 is 2.71 bits per heavy atom. The molecule has 0 saturated heterocycles. The number of hydrogen-bond donors (Lipinski definition) is 1. The minimum Gasteiger partial charge on any atom is -0.450 e. The van der Waals surface area contributed by atoms with Crippen LogP contribution in [-0.4, -0.2) is 32.0 Å². The molecule has 1 amide bonds. The summed E-state index contributed by atoms with van der Waals surface area (Å²) in [5.74, 6) is 0. The Labute approximate surface area is 85.1 Å². The topological polar surface area (TPSA) is 50.7 Å². The Bertz CT molecular complexity index is 222. The van der Waals surface area contributed by atoms with E-state index >= 15 is 0 Å². The summed E-state index contributed by atoms with van der Waals surface area (Å²) in [6.45, 7) is 4.61. The van der Waals surface area contributed by atoms with E-state index in [0.717, 1.165) is 12.1 Å². The van der Waals surface area contributed by atoms with Crippen LogP contribution in [0.4, 0.5) is 4.79 Å². The molecule has 0 saturated carbocycles. The number of allylic oxidation sites excluding steroid dienone is 1. The summed E-state index contributed by atoms with van der Waals surface area (Å²) >= 11 is 0. The standard InChI is InChI=1S/C10H18N2O2/c1-4-6-7-9(11-3)8-12-10(13)14-5-2/h6-7H,4-5,8H2,1-3H3,(H,12,13)/b7-6-,11-9?. The van der Waals surface area contributed by atoms with Crippen LogP contribution in [0.3, 0.4) is 0 Å². The van der Waals surface area contributed by atoms with E-state index in [1.54, 1.807) is 14.0 Å². The van der Waals surface area contributed by atoms with Gasteiger partial charge >= 0.3 is 6.09 Å². The van der Waals surface area contributed by atoms with Gasteiger partial charge < -0.3 is 10.1 Å². The number of carbonyl (C=O) groups is 1. The largest absolute Gasteiger partial charge is 0.450 e. The van der Waals surface area contributed by atoms with Gasteiger partial charge in [-0.2, -0.15) is 0 Å². The number of nitrogens with zero attached hydrogens (tertiary/aromatic N) is 1. The van der Waals surface area contributed by atoms with E-state index in [1.807, 2.05) is 19.1 Å². The molecule has 0 unspecified atom stereocenters. The third-order valence-electron chi connectivity index (χ3n) is 1.52. The Morgan fingerprint density at radius 1 is 1.50 bits per heavy atom. The van der Waals surface area contributed by atoms with Crippen LogP contribution < -0.4 is 5.32 Å². The van der Waals surface area contributed by atoms with Crippen molar-refractivity contribution in [3.8, 4) is 0 Å². The first-order valence-electron chi connectivity index (χ1n) is 4.77. The molecule has 0 aromatic carbocycles. The van der Waals surface area contributed by atoms with Gasteiger partial charge in [0, 0.05) is 7.05 Å². The fraction of sp³-hybridized carbons (Fsp3) is 0.600. The maximum absolute atomic E-state index is 10.9. The van der Waals surface area contributed by atoms with Crippen molar-refractivity contribution in [2.75, 3.05) is 20.2 Å². The van der Waals surface area contributed by atoms with Crippen LogP contribution in [-0.2, 0) is 4.74 Å². The molecule has 0 aliphatic carbocycles. The third kappa shape index (κ3) is 6.22. The Hall–Kier alpha value is -1.32. The monoisotopic (exact) mass is 198 g/mol. The molecule has 0 atom stereocenters. The molecule has 0 aliphatic heterocycles. The summed E-state index contributed by atoms with van der Waals surface area (Å²) in [6.07, 6.45) is 4.44. The lowest BCUT2D eigenvalue weighted by atomic mass is 10.3. The molecule has 0 rings (SSSR count). The average molecular weight is 198 g/mol. The second-order valence-electron chi connectivity index (χ2n) is 2.60. The molecule has 0 aromatic heterocycles. The van der Waals surface area contributed by atoms with E-state index < -0.39 is 6.09 Å². The van der Waals surface area contributed by atoms with E-state index in [9.17, 15) is 4.79 Å². The minimum absolute atomic E-state index is 0.384. The number of alkyl carbamates (subject to hydrolysis) is 1. The lowest BCUT2D eigenvalue weighted by molar-refractivity contribution is 0.153. The van der Waals surface area contributed by atoms with Crippen molar-refractivity contribution in [1.82, 2.24) is 5.32 Å². The number of rotatable bonds is 5. The van der Waals surface area contributed by atoms with Crippen molar-refractivity contribution in [1.29, 1.82) is 0 Å². The summed E-state index contributed by atoms with van der Waals surface area (Å²) in [5, 5.41) is 2.60. The van der Waals surface area contributed by atoms with Crippen molar-refractivity contribution < 1.29 is 9.53 Å². The molecule has 0 spiro atoms. The van der Waals surface area contributed by atoms with E-state index in [2.05, 4.69) is 10.3 Å². The van der Waals surface area contributed by atoms with Crippen LogP contribution in [0.5, 0.6) is 0 Å². The highest BCUT2D eigenvalue weighted by Gasteiger charge is 2.00. The molecule has 0 aromatic rings. The predicted octanol–water partition coefficient (Wildman–Crippen LogP) is 1.77. The predicted molar refractivity (Wildman–Crippen MR) is 57.8 cm³/mol. The molecule has 4 nitrogen and oxygen atoms in total. The van der Waals surface area contributed by atoms with Gasteiger partial charge in [-0.1, -0.05) is 13.0 Å². The normalized spacial score (nSPS) is 11.8. The smallest absolute Gasteiger partial charge is 0.407 e. The fourth-order valence-electron chi connectivity index (χ4n) is 0.811. The molecule has 1 N–H and O–H groups in total. The number of hydrogen-bond acceptors (Lipinski definition) is 3. The van der Waals surface area contributed by atoms with Crippen molar-refractivity contribution in [3.63, 3.8) is 0 Å². The van der Waals surface area contributed by atoms with Crippen LogP contribution in [0.1, 0.15) is 20.3 Å². The fourth-order valence-corrected chi connectivity index (χ4v) is 0.811. The average Bonchev–Trinajstić information content (AvgIpc) is 2.19. The molecule has 0 radical (unpaired) electrons. The highest BCUT2D eigenvalue weighted by molar-refractivity contribution is 5.97. The molecular weight excluding hydrogens is 180 g/mol. The summed E-state index contributed by atoms with van der Waals surface area (Å²) in [4.78, 5) is 14.9. The van der Waals surface area contributed by atoms with Gasteiger partial charge in [0.25, 0.3) is 0 Å². The van der Waals surface area contributed by atoms with Crippen molar-refractivity contribution in [3.05, 3.63) is 12.2 Å². The van der Waals surface area contributed by atoms with Crippen molar-refractivity contribution >= 4 is 11.8 Å². The number of ether oxygens (including phenoxy) is 1. The second kappa shape index (κ2) is 8.29. The minimum atomic E-state index is -0.404. The lowest BCUT2D eigenvalue weighted by Crippen LogP contribution is -2.29. The summed E-state index contributed by atoms with van der Waals surface area (Å²) in [7, 11) is 1.70. The molecule has 14 heavy (non-hydrogen) atoms. The van der Waals surface area contributed by atoms with Gasteiger partial charge in [0.2, 0.25) is 0 Å². The summed E-state index contributed by atoms with van der Waals surface area (Å²) in [6, 6.07) is 0. The van der Waals surface area contributed by atoms with Gasteiger partial charge in [-0.3, -0.25) is 4.99 Å². The zero-order valence-electron chi connectivity index (χ0n) is 9.04. The van der Waals surface area contributed by atoms with E-state index in [1.165, 1.54) is 0 Å². The zero-order valence-corrected chi connectivity index (χ0v) is 9.04. The molecule has 0 aliphatic rings. The van der Waals surface area contributed by atoms with Crippen LogP contribution in [0.2, 0.25) is 0 Å². The zero-order chi connectivity index (χ0) is 10.8. The lowest BCUT2D eigenvalue weighted by Gasteiger charge is -2.04. The molecule has 4 heteroatoms. The van der Waals surface area contributed by atoms with Gasteiger partial charge in [0.1, 0.15) is 0 Å². The summed E-state index contributed by atoms with van der Waals surface area (Å²) < 4.78 is 4.71. The first-order chi connectivity index (χ1) is 6.74. The molecule has 0 fully saturated rings. The van der Waals surface area contributed by atoms with Crippen molar-refractivity contribution in [2.24, 2.45) is 4.99 Å². The van der Waals surface area contributed by atoms with Crippen LogP contribution in [0.25, 0.3) is 0 Å². The van der Waals surface area contributed by atoms with Crippen LogP contribution >= 0.6 is 0 Å². The Kier molecular flexibility index (Phi) is 7.50. The number of aliphatic imine (C=N–C) groups is 1. The van der Waals surface area contributed by atoms with E-state index in [4.69, 9.17) is 4.74 Å². The Balaban J connectivity index is 3.85. The first-order valence-corrected chi connectivity index (χ1v) is 4.77. The third-order valence-corrected chi connectivity index (χ3v) is 1.52. The highest BCUT2D eigenvalue weighted by atomic mass is 16.5. The SMILES string of the molecule is CC/C=C\C(CNC(=O)OCC)=NC. The number of nitrogens with one attached hydrogen (secondary N) is 1. The van der Waals surface area contributed by atoms with E-state index in [0.29, 0.717) is 13.2 Å². The van der Waals surface area contributed by atoms with Gasteiger partial charge in [0.15, 0.2) is 0 Å². The molecular formula is C10H18N2O2. The maximum atomic E-state index is 10.9. The van der Waals surface area contributed by atoms with Crippen LogP contribution in [0.15, 0.2) is 17.1 Å². The maximum Gasteiger partial charge on any atom is 0.407 e.